The van der Waals surface area contributed by atoms with Crippen molar-refractivity contribution in [3.05, 3.63) is 69.7 Å². The molecule has 2 unspecified atom stereocenters. The van der Waals surface area contributed by atoms with Crippen molar-refractivity contribution in [3.63, 3.8) is 0 Å². The highest BCUT2D eigenvalue weighted by atomic mass is 35.5. The number of unbranched alkanes of at least 4 members (excludes halogenated alkanes) is 1. The topological polar surface area (TPSA) is 66.6 Å². The fraction of sp³-hybridized carbons (Fsp3) is 0.500. The first-order valence-corrected chi connectivity index (χ1v) is 13.1. The van der Waals surface area contributed by atoms with Gasteiger partial charge >= 0.3 is 0 Å². The number of piperidine rings is 1. The molecule has 2 N–H and O–H groups in total. The molecule has 0 bridgehead atoms. The molecule has 2 aliphatic heterocycles. The van der Waals surface area contributed by atoms with Crippen molar-refractivity contribution in [3.8, 4) is 0 Å². The third kappa shape index (κ3) is 5.64. The van der Waals surface area contributed by atoms with Gasteiger partial charge in [-0.2, -0.15) is 0 Å². The summed E-state index contributed by atoms with van der Waals surface area (Å²) in [6, 6.07) is 13.7. The number of amides is 2. The Labute approximate surface area is 208 Å². The van der Waals surface area contributed by atoms with E-state index < -0.39 is 5.91 Å². The van der Waals surface area contributed by atoms with Crippen molar-refractivity contribution in [2.75, 3.05) is 13.1 Å². The molecule has 2 aromatic rings. The van der Waals surface area contributed by atoms with Crippen LogP contribution >= 0.6 is 11.6 Å². The summed E-state index contributed by atoms with van der Waals surface area (Å²) in [5, 5.41) is 0.682. The molecule has 2 aliphatic rings. The molecule has 34 heavy (non-hydrogen) atoms. The van der Waals surface area contributed by atoms with Gasteiger partial charge in [-0.25, -0.2) is 0 Å². The molecule has 0 spiro atoms. The smallest absolute Gasteiger partial charge is 0.255 e. The fourth-order valence-corrected chi connectivity index (χ4v) is 5.66. The van der Waals surface area contributed by atoms with Gasteiger partial charge in [0.05, 0.1) is 6.04 Å². The van der Waals surface area contributed by atoms with Crippen molar-refractivity contribution in [2.24, 2.45) is 5.73 Å². The summed E-state index contributed by atoms with van der Waals surface area (Å²) in [5.41, 5.74) is 8.52. The third-order valence-electron chi connectivity index (χ3n) is 7.39. The number of nitrogens with two attached hydrogens (primary N) is 1. The number of fused-ring (bicyclic) bond motifs is 1. The van der Waals surface area contributed by atoms with Crippen LogP contribution in [0.4, 0.5) is 0 Å². The van der Waals surface area contributed by atoms with Crippen molar-refractivity contribution >= 4 is 23.4 Å². The Morgan fingerprint density at radius 1 is 1.09 bits per heavy atom. The lowest BCUT2D eigenvalue weighted by atomic mass is 9.95. The Morgan fingerprint density at radius 2 is 1.88 bits per heavy atom. The van der Waals surface area contributed by atoms with Gasteiger partial charge < -0.3 is 15.5 Å². The van der Waals surface area contributed by atoms with Crippen LogP contribution in [0.5, 0.6) is 0 Å². The van der Waals surface area contributed by atoms with E-state index in [2.05, 4.69) is 11.8 Å². The monoisotopic (exact) mass is 481 g/mol. The molecule has 2 aromatic carbocycles. The van der Waals surface area contributed by atoms with Crippen LogP contribution in [-0.4, -0.2) is 40.7 Å². The molecule has 0 saturated carbocycles. The zero-order chi connectivity index (χ0) is 24.1. The van der Waals surface area contributed by atoms with Gasteiger partial charge in [0.15, 0.2) is 0 Å². The van der Waals surface area contributed by atoms with Crippen LogP contribution in [0.2, 0.25) is 5.02 Å². The van der Waals surface area contributed by atoms with Crippen molar-refractivity contribution in [1.29, 1.82) is 0 Å². The minimum absolute atomic E-state index is 0.000938. The molecule has 1 saturated heterocycles. The van der Waals surface area contributed by atoms with Gasteiger partial charge in [0.1, 0.15) is 0 Å². The highest BCUT2D eigenvalue weighted by Crippen LogP contribution is 2.38. The van der Waals surface area contributed by atoms with E-state index in [0.717, 1.165) is 30.5 Å². The number of primary amides is 1. The Kier molecular flexibility index (Phi) is 8.28. The molecule has 5 nitrogen and oxygen atoms in total. The summed E-state index contributed by atoms with van der Waals surface area (Å²) >= 11 is 6.06. The average molecular weight is 482 g/mol. The minimum Gasteiger partial charge on any atom is -0.366 e. The van der Waals surface area contributed by atoms with E-state index in [-0.39, 0.29) is 11.9 Å². The van der Waals surface area contributed by atoms with Gasteiger partial charge in [-0.05, 0) is 80.6 Å². The molecule has 0 aromatic heterocycles. The maximum absolute atomic E-state index is 13.4. The van der Waals surface area contributed by atoms with Gasteiger partial charge in [-0.3, -0.25) is 9.59 Å². The van der Waals surface area contributed by atoms with Gasteiger partial charge in [0.2, 0.25) is 5.91 Å². The highest BCUT2D eigenvalue weighted by molar-refractivity contribution is 6.30. The summed E-state index contributed by atoms with van der Waals surface area (Å²) in [6.07, 6.45) is 9.70. The SMILES string of the molecule is CCCCC1CCCCN1CCCC1c2ccc(C(N)=O)cc2C(=O)N1Cc1ccc(Cl)cc1. The zero-order valence-electron chi connectivity index (χ0n) is 20.1. The lowest BCUT2D eigenvalue weighted by Crippen LogP contribution is -2.40. The van der Waals surface area contributed by atoms with E-state index in [0.29, 0.717) is 28.7 Å². The molecule has 2 heterocycles. The van der Waals surface area contributed by atoms with E-state index in [1.54, 1.807) is 12.1 Å². The minimum atomic E-state index is -0.508. The second kappa shape index (κ2) is 11.4. The van der Waals surface area contributed by atoms with Gasteiger partial charge in [-0.1, -0.05) is 56.0 Å². The summed E-state index contributed by atoms with van der Waals surface area (Å²) < 4.78 is 0. The lowest BCUT2D eigenvalue weighted by molar-refractivity contribution is 0.0690. The van der Waals surface area contributed by atoms with Gasteiger partial charge in [-0.15, -0.1) is 0 Å². The summed E-state index contributed by atoms with van der Waals surface area (Å²) in [7, 11) is 0. The van der Waals surface area contributed by atoms with E-state index in [4.69, 9.17) is 17.3 Å². The standard InChI is InChI=1S/C28H36ClN3O2/c1-2-3-7-23-8-4-5-16-31(23)17-6-9-26-24-15-12-21(27(30)33)18-25(24)28(34)32(26)19-20-10-13-22(29)14-11-20/h10-15,18,23,26H,2-9,16-17,19H2,1H3,(H2,30,33). The quantitative estimate of drug-likeness (QED) is 0.455. The maximum Gasteiger partial charge on any atom is 0.255 e. The van der Waals surface area contributed by atoms with Crippen molar-refractivity contribution < 1.29 is 9.59 Å². The number of carbonyl (C=O) groups is 2. The van der Waals surface area contributed by atoms with Crippen LogP contribution in [0.25, 0.3) is 0 Å². The van der Waals surface area contributed by atoms with Gasteiger partial charge in [0, 0.05) is 28.7 Å². The summed E-state index contributed by atoms with van der Waals surface area (Å²) in [4.78, 5) is 29.8. The first kappa shape index (κ1) is 24.7. The molecule has 0 radical (unpaired) electrons. The van der Waals surface area contributed by atoms with Crippen LogP contribution in [-0.2, 0) is 6.54 Å². The largest absolute Gasteiger partial charge is 0.366 e. The number of likely N-dealkylation sites (tertiary alicyclic amines) is 1. The van der Waals surface area contributed by atoms with E-state index >= 15 is 0 Å². The van der Waals surface area contributed by atoms with Crippen LogP contribution in [0, 0.1) is 0 Å². The molecular formula is C28H36ClN3O2. The highest BCUT2D eigenvalue weighted by Gasteiger charge is 2.37. The number of hydrogen-bond donors (Lipinski definition) is 1. The Morgan fingerprint density at radius 3 is 2.62 bits per heavy atom. The number of carbonyl (C=O) groups excluding carboxylic acids is 2. The number of benzene rings is 2. The molecule has 2 amide bonds. The molecular weight excluding hydrogens is 446 g/mol. The Bertz CT molecular complexity index is 1010. The van der Waals surface area contributed by atoms with Crippen LogP contribution in [0.1, 0.15) is 96.2 Å². The third-order valence-corrected chi connectivity index (χ3v) is 7.65. The number of halogens is 1. The first-order chi connectivity index (χ1) is 16.5. The average Bonchev–Trinajstić information content (AvgIpc) is 3.10. The summed E-state index contributed by atoms with van der Waals surface area (Å²) in [6.45, 7) is 5.04. The van der Waals surface area contributed by atoms with E-state index in [1.165, 1.54) is 45.1 Å². The molecule has 1 fully saturated rings. The number of rotatable bonds is 10. The molecule has 6 heteroatoms. The molecule has 182 valence electrons. The van der Waals surface area contributed by atoms with Crippen LogP contribution < -0.4 is 5.73 Å². The van der Waals surface area contributed by atoms with Gasteiger partial charge in [0.25, 0.3) is 5.91 Å². The Balaban J connectivity index is 1.50. The van der Waals surface area contributed by atoms with Crippen molar-refractivity contribution in [2.45, 2.75) is 76.9 Å². The van der Waals surface area contributed by atoms with E-state index in [1.807, 2.05) is 35.2 Å². The normalized spacial score (nSPS) is 20.5. The zero-order valence-corrected chi connectivity index (χ0v) is 20.9. The molecule has 4 rings (SSSR count). The predicted molar refractivity (Wildman–Crippen MR) is 137 cm³/mol. The maximum atomic E-state index is 13.4. The summed E-state index contributed by atoms with van der Waals surface area (Å²) in [5.74, 6) is -0.539. The van der Waals surface area contributed by atoms with Crippen LogP contribution in [0.3, 0.4) is 0 Å². The number of hydrogen-bond acceptors (Lipinski definition) is 3. The second-order valence-electron chi connectivity index (χ2n) is 9.71. The van der Waals surface area contributed by atoms with Crippen molar-refractivity contribution in [1.82, 2.24) is 9.80 Å². The predicted octanol–water partition coefficient (Wildman–Crippen LogP) is 5.96. The second-order valence-corrected chi connectivity index (χ2v) is 10.1. The first-order valence-electron chi connectivity index (χ1n) is 12.7. The lowest BCUT2D eigenvalue weighted by Gasteiger charge is -2.36. The van der Waals surface area contributed by atoms with E-state index in [9.17, 15) is 9.59 Å². The molecule has 2 atom stereocenters. The number of nitrogens with zero attached hydrogens (tertiary/aromatic N) is 2. The fourth-order valence-electron chi connectivity index (χ4n) is 5.54. The Hall–Kier alpha value is -2.37. The van der Waals surface area contributed by atoms with Crippen LogP contribution in [0.15, 0.2) is 42.5 Å². The molecule has 0 aliphatic carbocycles.